The Hall–Kier alpha value is -4.43. The van der Waals surface area contributed by atoms with E-state index in [0.717, 1.165) is 69.8 Å². The lowest BCUT2D eigenvalue weighted by molar-refractivity contribution is 0.331. The fourth-order valence-electron chi connectivity index (χ4n) is 5.05. The first-order chi connectivity index (χ1) is 17.8. The Morgan fingerprint density at radius 2 is 1.81 bits per heavy atom. The quantitative estimate of drug-likeness (QED) is 0.357. The molecule has 0 saturated carbocycles. The Balaban J connectivity index is 1.28. The van der Waals surface area contributed by atoms with Crippen LogP contribution in [0.25, 0.3) is 56.0 Å². The van der Waals surface area contributed by atoms with Crippen molar-refractivity contribution in [1.82, 2.24) is 40.0 Å². The topological polar surface area (TPSA) is 99.3 Å². The van der Waals surface area contributed by atoms with Crippen LogP contribution in [0, 0.1) is 0 Å². The van der Waals surface area contributed by atoms with Crippen LogP contribution in [0.15, 0.2) is 73.3 Å². The molecule has 6 heterocycles. The lowest BCUT2D eigenvalue weighted by Gasteiger charge is -2.14. The van der Waals surface area contributed by atoms with E-state index in [1.807, 2.05) is 55.0 Å². The molecule has 0 aliphatic carbocycles. The van der Waals surface area contributed by atoms with Crippen molar-refractivity contribution in [2.45, 2.75) is 19.4 Å². The summed E-state index contributed by atoms with van der Waals surface area (Å²) in [5.41, 5.74) is 8.41. The van der Waals surface area contributed by atoms with Gasteiger partial charge in [0.1, 0.15) is 5.69 Å². The van der Waals surface area contributed by atoms with Crippen molar-refractivity contribution in [3.8, 4) is 33.9 Å². The molecule has 1 saturated heterocycles. The minimum atomic E-state index is 0.694. The van der Waals surface area contributed by atoms with Gasteiger partial charge in [0.2, 0.25) is 0 Å². The molecule has 0 spiro atoms. The second kappa shape index (κ2) is 8.66. The first-order valence-electron chi connectivity index (χ1n) is 12.2. The Bertz CT molecular complexity index is 1680. The van der Waals surface area contributed by atoms with E-state index in [1.165, 1.54) is 18.4 Å². The third-order valence-electron chi connectivity index (χ3n) is 6.83. The van der Waals surface area contributed by atoms with Gasteiger partial charge in [-0.25, -0.2) is 9.97 Å². The first-order valence-corrected chi connectivity index (χ1v) is 12.2. The molecule has 176 valence electrons. The van der Waals surface area contributed by atoms with Gasteiger partial charge in [0.15, 0.2) is 11.5 Å². The van der Waals surface area contributed by atoms with Gasteiger partial charge in [-0.3, -0.25) is 20.0 Å². The number of aromatic amines is 2. The van der Waals surface area contributed by atoms with Crippen LogP contribution < -0.4 is 0 Å². The normalized spacial score (nSPS) is 14.2. The lowest BCUT2D eigenvalue weighted by Crippen LogP contribution is -2.18. The molecule has 1 aromatic carbocycles. The molecule has 2 N–H and O–H groups in total. The van der Waals surface area contributed by atoms with Gasteiger partial charge in [-0.05, 0) is 61.8 Å². The van der Waals surface area contributed by atoms with E-state index in [2.05, 4.69) is 47.2 Å². The molecule has 0 radical (unpaired) electrons. The van der Waals surface area contributed by atoms with Gasteiger partial charge in [0, 0.05) is 48.0 Å². The molecule has 6 aromatic rings. The number of benzene rings is 1. The molecular weight excluding hydrogens is 448 g/mol. The summed E-state index contributed by atoms with van der Waals surface area (Å²) in [6.07, 6.45) is 10.1. The largest absolute Gasteiger partial charge is 0.337 e. The van der Waals surface area contributed by atoms with Crippen molar-refractivity contribution in [3.05, 3.63) is 78.9 Å². The van der Waals surface area contributed by atoms with Crippen LogP contribution in [0.2, 0.25) is 0 Å². The Kier molecular flexibility index (Phi) is 5.03. The molecule has 8 heteroatoms. The molecule has 8 nitrogen and oxygen atoms in total. The SMILES string of the molecule is c1ccc(-c2cccc3[nH]c(-c4n[nH]c5ncc(-c6cncc(CN7CCCC7)c6)cc45)nc23)nc1. The van der Waals surface area contributed by atoms with Crippen LogP contribution in [0.4, 0.5) is 0 Å². The lowest BCUT2D eigenvalue weighted by atomic mass is 10.1. The second-order valence-corrected chi connectivity index (χ2v) is 9.26. The van der Waals surface area contributed by atoms with E-state index in [4.69, 9.17) is 4.98 Å². The van der Waals surface area contributed by atoms with E-state index in [0.29, 0.717) is 5.82 Å². The number of fused-ring (bicyclic) bond motifs is 2. The Morgan fingerprint density at radius 1 is 0.889 bits per heavy atom. The number of likely N-dealkylation sites (tertiary alicyclic amines) is 1. The number of aromatic nitrogens is 7. The summed E-state index contributed by atoms with van der Waals surface area (Å²) in [6.45, 7) is 3.26. The summed E-state index contributed by atoms with van der Waals surface area (Å²) in [5, 5.41) is 8.54. The summed E-state index contributed by atoms with van der Waals surface area (Å²) >= 11 is 0. The molecular formula is C28H24N8. The molecule has 0 unspecified atom stereocenters. The number of nitrogens with zero attached hydrogens (tertiary/aromatic N) is 6. The third kappa shape index (κ3) is 3.72. The summed E-state index contributed by atoms with van der Waals surface area (Å²) in [6, 6.07) is 16.3. The van der Waals surface area contributed by atoms with Crippen molar-refractivity contribution < 1.29 is 0 Å². The van der Waals surface area contributed by atoms with Crippen LogP contribution in [0.1, 0.15) is 18.4 Å². The number of nitrogens with one attached hydrogen (secondary N) is 2. The van der Waals surface area contributed by atoms with Crippen molar-refractivity contribution >= 4 is 22.1 Å². The maximum atomic E-state index is 4.93. The Labute approximate surface area is 207 Å². The van der Waals surface area contributed by atoms with E-state index < -0.39 is 0 Å². The van der Waals surface area contributed by atoms with Gasteiger partial charge in [-0.1, -0.05) is 18.2 Å². The van der Waals surface area contributed by atoms with E-state index >= 15 is 0 Å². The van der Waals surface area contributed by atoms with Crippen molar-refractivity contribution in [1.29, 1.82) is 0 Å². The number of hydrogen-bond acceptors (Lipinski definition) is 6. The highest BCUT2D eigenvalue weighted by atomic mass is 15.2. The zero-order valence-corrected chi connectivity index (χ0v) is 19.6. The number of imidazole rings is 1. The second-order valence-electron chi connectivity index (χ2n) is 9.26. The number of pyridine rings is 3. The zero-order chi connectivity index (χ0) is 23.9. The van der Waals surface area contributed by atoms with Crippen molar-refractivity contribution in [2.24, 2.45) is 0 Å². The van der Waals surface area contributed by atoms with Gasteiger partial charge in [0.05, 0.1) is 22.1 Å². The predicted octanol–water partition coefficient (Wildman–Crippen LogP) is 5.22. The van der Waals surface area contributed by atoms with Crippen LogP contribution in [-0.4, -0.2) is 53.1 Å². The third-order valence-corrected chi connectivity index (χ3v) is 6.83. The zero-order valence-electron chi connectivity index (χ0n) is 19.6. The summed E-state index contributed by atoms with van der Waals surface area (Å²) < 4.78 is 0. The smallest absolute Gasteiger partial charge is 0.159 e. The molecule has 1 aliphatic heterocycles. The van der Waals surface area contributed by atoms with E-state index in [1.54, 1.807) is 6.20 Å². The van der Waals surface area contributed by atoms with Crippen molar-refractivity contribution in [3.63, 3.8) is 0 Å². The van der Waals surface area contributed by atoms with Gasteiger partial charge >= 0.3 is 0 Å². The van der Waals surface area contributed by atoms with Crippen LogP contribution in [-0.2, 0) is 6.54 Å². The van der Waals surface area contributed by atoms with E-state index in [-0.39, 0.29) is 0 Å². The minimum absolute atomic E-state index is 0.694. The van der Waals surface area contributed by atoms with Crippen LogP contribution in [0.5, 0.6) is 0 Å². The number of rotatable bonds is 5. The van der Waals surface area contributed by atoms with Crippen molar-refractivity contribution in [2.75, 3.05) is 13.1 Å². The maximum absolute atomic E-state index is 4.93. The first kappa shape index (κ1) is 20.9. The highest BCUT2D eigenvalue weighted by Crippen LogP contribution is 2.32. The van der Waals surface area contributed by atoms with Crippen LogP contribution >= 0.6 is 0 Å². The van der Waals surface area contributed by atoms with Gasteiger partial charge in [-0.2, -0.15) is 5.10 Å². The molecule has 1 aliphatic rings. The van der Waals surface area contributed by atoms with Gasteiger partial charge in [0.25, 0.3) is 0 Å². The Morgan fingerprint density at radius 3 is 2.69 bits per heavy atom. The summed E-state index contributed by atoms with van der Waals surface area (Å²) in [4.78, 5) is 24.5. The number of para-hydroxylation sites is 1. The molecule has 0 atom stereocenters. The molecule has 1 fully saturated rings. The summed E-state index contributed by atoms with van der Waals surface area (Å²) in [5.74, 6) is 0.694. The fourth-order valence-corrected chi connectivity index (χ4v) is 5.05. The minimum Gasteiger partial charge on any atom is -0.337 e. The average molecular weight is 473 g/mol. The average Bonchev–Trinajstić information content (AvgIpc) is 3.68. The van der Waals surface area contributed by atoms with Gasteiger partial charge < -0.3 is 4.98 Å². The van der Waals surface area contributed by atoms with E-state index in [9.17, 15) is 0 Å². The monoisotopic (exact) mass is 472 g/mol. The molecule has 0 bridgehead atoms. The molecule has 0 amide bonds. The maximum Gasteiger partial charge on any atom is 0.159 e. The predicted molar refractivity (Wildman–Crippen MR) is 140 cm³/mol. The van der Waals surface area contributed by atoms with Crippen LogP contribution in [0.3, 0.4) is 0 Å². The highest BCUT2D eigenvalue weighted by molar-refractivity contribution is 5.96. The molecule has 7 rings (SSSR count). The fraction of sp³-hybridized carbons (Fsp3) is 0.179. The summed E-state index contributed by atoms with van der Waals surface area (Å²) in [7, 11) is 0. The van der Waals surface area contributed by atoms with Gasteiger partial charge in [-0.15, -0.1) is 0 Å². The standard InChI is InChI=1S/C28H24N8/c1-2-9-30-23(7-1)21-6-5-8-24-25(21)33-28(32-24)26-22-13-20(16-31-27(22)35-34-26)19-12-18(14-29-15-19)17-36-10-3-4-11-36/h1-2,5-9,12-16H,3-4,10-11,17H2,(H,32,33)(H,31,34,35). The molecule has 5 aromatic heterocycles. The number of hydrogen-bond donors (Lipinski definition) is 2. The molecule has 36 heavy (non-hydrogen) atoms. The highest BCUT2D eigenvalue weighted by Gasteiger charge is 2.17. The number of H-pyrrole nitrogens is 2.